The molecular weight excluding hydrogens is 384 g/mol. The highest BCUT2D eigenvalue weighted by molar-refractivity contribution is 8.00. The molecule has 2 heterocycles. The summed E-state index contributed by atoms with van der Waals surface area (Å²) in [7, 11) is 0. The summed E-state index contributed by atoms with van der Waals surface area (Å²) in [5.41, 5.74) is 0.951. The Labute approximate surface area is 168 Å². The fraction of sp³-hybridized carbons (Fsp3) is 0.526. The lowest BCUT2D eigenvalue weighted by molar-refractivity contribution is -0.120. The highest BCUT2D eigenvalue weighted by Gasteiger charge is 2.28. The smallest absolute Gasteiger partial charge is 0.233 e. The summed E-state index contributed by atoms with van der Waals surface area (Å²) < 4.78 is 7.89. The van der Waals surface area contributed by atoms with Crippen LogP contribution >= 0.6 is 23.4 Å². The summed E-state index contributed by atoms with van der Waals surface area (Å²) in [5.74, 6) is 0.835. The van der Waals surface area contributed by atoms with Crippen molar-refractivity contribution in [2.45, 2.75) is 61.7 Å². The van der Waals surface area contributed by atoms with Crippen molar-refractivity contribution in [1.82, 2.24) is 20.1 Å². The van der Waals surface area contributed by atoms with E-state index in [1.54, 1.807) is 0 Å². The second-order valence-electron chi connectivity index (χ2n) is 7.10. The van der Waals surface area contributed by atoms with Crippen molar-refractivity contribution in [2.75, 3.05) is 6.61 Å². The molecular formula is C19H23ClN4O2S. The van der Waals surface area contributed by atoms with Crippen molar-refractivity contribution < 1.29 is 9.53 Å². The Bertz CT molecular complexity index is 801. The van der Waals surface area contributed by atoms with E-state index in [-0.39, 0.29) is 17.3 Å². The van der Waals surface area contributed by atoms with Crippen LogP contribution in [-0.2, 0) is 16.1 Å². The van der Waals surface area contributed by atoms with E-state index in [2.05, 4.69) is 20.1 Å². The van der Waals surface area contributed by atoms with E-state index in [1.807, 2.05) is 31.2 Å². The topological polar surface area (TPSA) is 69.0 Å². The monoisotopic (exact) mass is 406 g/mol. The van der Waals surface area contributed by atoms with Gasteiger partial charge in [0.05, 0.1) is 17.9 Å². The number of nitrogens with zero attached hydrogens (tertiary/aromatic N) is 3. The molecule has 0 unspecified atom stereocenters. The largest absolute Gasteiger partial charge is 0.376 e. The molecule has 2 fully saturated rings. The van der Waals surface area contributed by atoms with Crippen LogP contribution in [0, 0.1) is 0 Å². The lowest BCUT2D eigenvalue weighted by Crippen LogP contribution is -2.32. The Morgan fingerprint density at radius 1 is 1.33 bits per heavy atom. The molecule has 0 radical (unpaired) electrons. The van der Waals surface area contributed by atoms with Gasteiger partial charge in [0.15, 0.2) is 11.0 Å². The molecule has 144 valence electrons. The third-order valence-electron chi connectivity index (χ3n) is 4.80. The Hall–Kier alpha value is -1.57. The van der Waals surface area contributed by atoms with Crippen molar-refractivity contribution >= 4 is 29.3 Å². The van der Waals surface area contributed by atoms with Crippen LogP contribution in [0.25, 0.3) is 11.4 Å². The van der Waals surface area contributed by atoms with Crippen molar-refractivity contribution in [3.63, 3.8) is 0 Å². The minimum Gasteiger partial charge on any atom is -0.376 e. The predicted octanol–water partition coefficient (Wildman–Crippen LogP) is 3.54. The lowest BCUT2D eigenvalue weighted by atomic mass is 10.2. The van der Waals surface area contributed by atoms with Gasteiger partial charge in [0.25, 0.3) is 0 Å². The quantitative estimate of drug-likeness (QED) is 0.712. The molecule has 1 N–H and O–H groups in total. The average Bonchev–Trinajstić information content (AvgIpc) is 3.16. The standard InChI is InChI=1S/C19H23ClN4O2S/c1-12(18(25)21-15-8-9-15)27-19-23-22-17(13-4-6-14(20)7-5-13)24(19)11-16-3-2-10-26-16/h4-7,12,15-16H,2-3,8-11H2,1H3,(H,21,25)/t12-,16-/m1/s1. The summed E-state index contributed by atoms with van der Waals surface area (Å²) in [6, 6.07) is 7.93. The van der Waals surface area contributed by atoms with Gasteiger partial charge in [-0.3, -0.25) is 9.36 Å². The number of aromatic nitrogens is 3. The van der Waals surface area contributed by atoms with E-state index in [4.69, 9.17) is 16.3 Å². The van der Waals surface area contributed by atoms with E-state index in [9.17, 15) is 4.79 Å². The number of ether oxygens (including phenoxy) is 1. The maximum Gasteiger partial charge on any atom is 0.233 e. The molecule has 4 rings (SSSR count). The molecule has 0 spiro atoms. The summed E-state index contributed by atoms with van der Waals surface area (Å²) in [4.78, 5) is 12.3. The molecule has 1 aromatic heterocycles. The molecule has 1 aliphatic heterocycles. The van der Waals surface area contributed by atoms with Crippen LogP contribution in [0.15, 0.2) is 29.4 Å². The van der Waals surface area contributed by atoms with Crippen molar-refractivity contribution in [2.24, 2.45) is 0 Å². The van der Waals surface area contributed by atoms with Crippen LogP contribution in [-0.4, -0.2) is 44.7 Å². The first-order valence-electron chi connectivity index (χ1n) is 9.38. The van der Waals surface area contributed by atoms with E-state index < -0.39 is 0 Å². The lowest BCUT2D eigenvalue weighted by Gasteiger charge is -2.16. The molecule has 1 saturated carbocycles. The molecule has 6 nitrogen and oxygen atoms in total. The maximum absolute atomic E-state index is 12.3. The first-order chi connectivity index (χ1) is 13.1. The molecule has 2 atom stereocenters. The van der Waals surface area contributed by atoms with Crippen LogP contribution in [0.5, 0.6) is 0 Å². The number of carbonyl (C=O) groups is 1. The summed E-state index contributed by atoms with van der Waals surface area (Å²) in [6.07, 6.45) is 4.42. The Balaban J connectivity index is 1.57. The van der Waals surface area contributed by atoms with Gasteiger partial charge in [0.1, 0.15) is 0 Å². The van der Waals surface area contributed by atoms with Crippen molar-refractivity contribution in [3.05, 3.63) is 29.3 Å². The van der Waals surface area contributed by atoms with Gasteiger partial charge in [-0.15, -0.1) is 10.2 Å². The second kappa shape index (κ2) is 8.20. The van der Waals surface area contributed by atoms with Gasteiger partial charge < -0.3 is 10.1 Å². The number of rotatable bonds is 7. The molecule has 1 saturated heterocycles. The van der Waals surface area contributed by atoms with Crippen LogP contribution in [0.3, 0.4) is 0 Å². The number of nitrogens with one attached hydrogen (secondary N) is 1. The zero-order chi connectivity index (χ0) is 18.8. The van der Waals surface area contributed by atoms with Gasteiger partial charge in [-0.1, -0.05) is 23.4 Å². The number of hydrogen-bond donors (Lipinski definition) is 1. The Morgan fingerprint density at radius 3 is 2.78 bits per heavy atom. The fourth-order valence-corrected chi connectivity index (χ4v) is 4.10. The molecule has 2 aliphatic rings. The van der Waals surface area contributed by atoms with Crippen LogP contribution in [0.4, 0.5) is 0 Å². The van der Waals surface area contributed by atoms with Crippen molar-refractivity contribution in [3.8, 4) is 11.4 Å². The van der Waals surface area contributed by atoms with E-state index in [0.717, 1.165) is 48.8 Å². The molecule has 27 heavy (non-hydrogen) atoms. The van der Waals surface area contributed by atoms with Gasteiger partial charge >= 0.3 is 0 Å². The van der Waals surface area contributed by atoms with Crippen molar-refractivity contribution in [1.29, 1.82) is 0 Å². The highest BCUT2D eigenvalue weighted by atomic mass is 35.5. The van der Waals surface area contributed by atoms with Crippen LogP contribution in [0.2, 0.25) is 5.02 Å². The van der Waals surface area contributed by atoms with Gasteiger partial charge in [0, 0.05) is 23.2 Å². The zero-order valence-electron chi connectivity index (χ0n) is 15.2. The summed E-state index contributed by atoms with van der Waals surface area (Å²) in [6.45, 7) is 3.39. The first-order valence-corrected chi connectivity index (χ1v) is 10.6. The van der Waals surface area contributed by atoms with Gasteiger partial charge in [-0.05, 0) is 56.9 Å². The second-order valence-corrected chi connectivity index (χ2v) is 8.85. The number of carbonyl (C=O) groups excluding carboxylic acids is 1. The molecule has 8 heteroatoms. The molecule has 2 aromatic rings. The summed E-state index contributed by atoms with van der Waals surface area (Å²) in [5, 5.41) is 13.0. The minimum absolute atomic E-state index is 0.0576. The number of benzene rings is 1. The molecule has 1 aliphatic carbocycles. The average molecular weight is 407 g/mol. The molecule has 1 amide bonds. The summed E-state index contributed by atoms with van der Waals surface area (Å²) >= 11 is 7.47. The van der Waals surface area contributed by atoms with Crippen LogP contribution < -0.4 is 5.32 Å². The Morgan fingerprint density at radius 2 is 2.11 bits per heavy atom. The maximum atomic E-state index is 12.3. The molecule has 0 bridgehead atoms. The Kier molecular flexibility index (Phi) is 5.71. The van der Waals surface area contributed by atoms with E-state index in [0.29, 0.717) is 17.6 Å². The third kappa shape index (κ3) is 4.65. The van der Waals surface area contributed by atoms with Gasteiger partial charge in [-0.25, -0.2) is 0 Å². The molecule has 1 aromatic carbocycles. The first kappa shape index (κ1) is 18.8. The van der Waals surface area contributed by atoms with Gasteiger partial charge in [0.2, 0.25) is 5.91 Å². The SMILES string of the molecule is C[C@@H](Sc1nnc(-c2ccc(Cl)cc2)n1C[C@H]1CCCO1)C(=O)NC1CC1. The number of thioether (sulfide) groups is 1. The highest BCUT2D eigenvalue weighted by Crippen LogP contribution is 2.30. The normalized spacial score (nSPS) is 20.6. The third-order valence-corrected chi connectivity index (χ3v) is 6.14. The van der Waals surface area contributed by atoms with Crippen LogP contribution in [0.1, 0.15) is 32.6 Å². The fourth-order valence-electron chi connectivity index (χ4n) is 3.10. The van der Waals surface area contributed by atoms with E-state index in [1.165, 1.54) is 11.8 Å². The van der Waals surface area contributed by atoms with E-state index >= 15 is 0 Å². The minimum atomic E-state index is -0.226. The number of amides is 1. The zero-order valence-corrected chi connectivity index (χ0v) is 16.8. The number of hydrogen-bond acceptors (Lipinski definition) is 5. The predicted molar refractivity (Wildman–Crippen MR) is 106 cm³/mol. The van der Waals surface area contributed by atoms with Gasteiger partial charge in [-0.2, -0.15) is 0 Å². The number of halogens is 1.